The molecule has 0 unspecified atom stereocenters. The van der Waals surface area contributed by atoms with Gasteiger partial charge in [0, 0.05) is 6.20 Å². The fourth-order valence-electron chi connectivity index (χ4n) is 0.882. The number of nitrogens with zero attached hydrogens (tertiary/aromatic N) is 5. The first-order chi connectivity index (χ1) is 6.77. The highest BCUT2D eigenvalue weighted by atomic mass is 16.1. The molecule has 7 heteroatoms. The number of primary amides is 1. The first-order valence-corrected chi connectivity index (χ1v) is 3.78. The van der Waals surface area contributed by atoms with Crippen LogP contribution in [-0.2, 0) is 0 Å². The zero-order chi connectivity index (χ0) is 9.97. The molecule has 0 aliphatic heterocycles. The molecule has 70 valence electrons. The van der Waals surface area contributed by atoms with Crippen LogP contribution in [0.15, 0.2) is 24.4 Å². The number of carbonyl (C=O) groups excluding carboxylic acids is 1. The molecule has 0 spiro atoms. The quantitative estimate of drug-likeness (QED) is 0.665. The Hall–Kier alpha value is -2.31. The number of aromatic nitrogens is 5. The SMILES string of the molecule is NC(=O)c1nnn(-c2ccccn2)n1. The highest BCUT2D eigenvalue weighted by molar-refractivity contribution is 5.88. The monoisotopic (exact) mass is 190 g/mol. The fraction of sp³-hybridized carbons (Fsp3) is 0. The highest BCUT2D eigenvalue weighted by Crippen LogP contribution is 1.97. The molecular formula is C7H6N6O. The lowest BCUT2D eigenvalue weighted by Gasteiger charge is -1.93. The van der Waals surface area contributed by atoms with E-state index >= 15 is 0 Å². The van der Waals surface area contributed by atoms with Crippen molar-refractivity contribution in [3.05, 3.63) is 30.2 Å². The van der Waals surface area contributed by atoms with E-state index in [-0.39, 0.29) is 5.82 Å². The molecule has 7 nitrogen and oxygen atoms in total. The van der Waals surface area contributed by atoms with Crippen LogP contribution in [0.2, 0.25) is 0 Å². The molecule has 0 atom stereocenters. The Kier molecular flexibility index (Phi) is 1.90. The van der Waals surface area contributed by atoms with Crippen molar-refractivity contribution in [3.8, 4) is 5.82 Å². The summed E-state index contributed by atoms with van der Waals surface area (Å²) < 4.78 is 0. The van der Waals surface area contributed by atoms with Gasteiger partial charge in [0.2, 0.25) is 0 Å². The van der Waals surface area contributed by atoms with E-state index in [0.717, 1.165) is 4.80 Å². The minimum Gasteiger partial charge on any atom is -0.363 e. The average Bonchev–Trinajstić information content (AvgIpc) is 2.68. The summed E-state index contributed by atoms with van der Waals surface area (Å²) in [5.41, 5.74) is 4.97. The zero-order valence-electron chi connectivity index (χ0n) is 7.03. The maximum Gasteiger partial charge on any atom is 0.290 e. The molecule has 2 rings (SSSR count). The fourth-order valence-corrected chi connectivity index (χ4v) is 0.882. The normalized spacial score (nSPS) is 10.0. The van der Waals surface area contributed by atoms with Crippen LogP contribution in [0.25, 0.3) is 5.82 Å². The number of hydrogen-bond acceptors (Lipinski definition) is 5. The van der Waals surface area contributed by atoms with Gasteiger partial charge >= 0.3 is 0 Å². The van der Waals surface area contributed by atoms with Crippen molar-refractivity contribution in [3.63, 3.8) is 0 Å². The second kappa shape index (κ2) is 3.21. The summed E-state index contributed by atoms with van der Waals surface area (Å²) in [7, 11) is 0. The van der Waals surface area contributed by atoms with Crippen LogP contribution in [-0.4, -0.2) is 31.1 Å². The molecule has 2 heterocycles. The van der Waals surface area contributed by atoms with Crippen molar-refractivity contribution >= 4 is 5.91 Å². The minimum atomic E-state index is -0.716. The van der Waals surface area contributed by atoms with E-state index in [1.165, 1.54) is 0 Å². The summed E-state index contributed by atoms with van der Waals surface area (Å²) in [5.74, 6) is -0.365. The molecule has 0 aliphatic rings. The van der Waals surface area contributed by atoms with Gasteiger partial charge in [-0.05, 0) is 17.3 Å². The molecule has 0 radical (unpaired) electrons. The Bertz CT molecular complexity index is 450. The van der Waals surface area contributed by atoms with Gasteiger partial charge < -0.3 is 5.73 Å². The zero-order valence-corrected chi connectivity index (χ0v) is 7.03. The van der Waals surface area contributed by atoms with Crippen LogP contribution in [0.3, 0.4) is 0 Å². The van der Waals surface area contributed by atoms with Gasteiger partial charge in [0.1, 0.15) is 0 Å². The Morgan fingerprint density at radius 1 is 1.43 bits per heavy atom. The summed E-state index contributed by atoms with van der Waals surface area (Å²) >= 11 is 0. The number of hydrogen-bond donors (Lipinski definition) is 1. The molecule has 2 N–H and O–H groups in total. The number of tetrazole rings is 1. The van der Waals surface area contributed by atoms with Crippen LogP contribution in [0.4, 0.5) is 0 Å². The maximum absolute atomic E-state index is 10.7. The van der Waals surface area contributed by atoms with Gasteiger partial charge in [-0.3, -0.25) is 4.79 Å². The molecule has 0 saturated carbocycles. The lowest BCUT2D eigenvalue weighted by atomic mass is 10.5. The number of nitrogens with two attached hydrogens (primary N) is 1. The summed E-state index contributed by atoms with van der Waals surface area (Å²) in [5, 5.41) is 10.8. The van der Waals surface area contributed by atoms with Crippen molar-refractivity contribution in [2.24, 2.45) is 5.73 Å². The molecule has 0 saturated heterocycles. The van der Waals surface area contributed by atoms with Crippen molar-refractivity contribution in [1.82, 2.24) is 25.2 Å². The Morgan fingerprint density at radius 3 is 2.86 bits per heavy atom. The third-order valence-electron chi connectivity index (χ3n) is 1.49. The van der Waals surface area contributed by atoms with Crippen molar-refractivity contribution in [1.29, 1.82) is 0 Å². The second-order valence-corrected chi connectivity index (χ2v) is 2.45. The van der Waals surface area contributed by atoms with Crippen LogP contribution in [0, 0.1) is 0 Å². The van der Waals surface area contributed by atoms with E-state index < -0.39 is 5.91 Å². The summed E-state index contributed by atoms with van der Waals surface area (Å²) in [4.78, 5) is 15.8. The van der Waals surface area contributed by atoms with Gasteiger partial charge in [-0.15, -0.1) is 15.0 Å². The largest absolute Gasteiger partial charge is 0.363 e. The number of carbonyl (C=O) groups is 1. The van der Waals surface area contributed by atoms with Gasteiger partial charge in [0.25, 0.3) is 11.7 Å². The third kappa shape index (κ3) is 1.42. The summed E-state index contributed by atoms with van der Waals surface area (Å²) in [6.45, 7) is 0. The molecule has 1 amide bonds. The average molecular weight is 190 g/mol. The van der Waals surface area contributed by atoms with Crippen molar-refractivity contribution in [2.75, 3.05) is 0 Å². The van der Waals surface area contributed by atoms with E-state index in [2.05, 4.69) is 20.4 Å². The summed E-state index contributed by atoms with van der Waals surface area (Å²) in [6, 6.07) is 5.22. The standard InChI is InChI=1S/C7H6N6O/c8-6(14)7-10-12-13(11-7)5-3-1-2-4-9-5/h1-4H,(H2,8,14). The van der Waals surface area contributed by atoms with Crippen molar-refractivity contribution < 1.29 is 4.79 Å². The first-order valence-electron chi connectivity index (χ1n) is 3.78. The number of rotatable bonds is 2. The molecule has 0 aromatic carbocycles. The molecule has 2 aromatic rings. The lowest BCUT2D eigenvalue weighted by molar-refractivity contribution is 0.0990. The lowest BCUT2D eigenvalue weighted by Crippen LogP contribution is -2.13. The molecule has 0 fully saturated rings. The van der Waals surface area contributed by atoms with Crippen LogP contribution in [0.1, 0.15) is 10.6 Å². The Balaban J connectivity index is 2.39. The highest BCUT2D eigenvalue weighted by Gasteiger charge is 2.09. The molecular weight excluding hydrogens is 184 g/mol. The predicted molar refractivity (Wildman–Crippen MR) is 45.5 cm³/mol. The predicted octanol–water partition coefficient (Wildman–Crippen LogP) is -0.844. The van der Waals surface area contributed by atoms with E-state index in [1.807, 2.05) is 0 Å². The van der Waals surface area contributed by atoms with Gasteiger partial charge in [-0.2, -0.15) is 0 Å². The smallest absolute Gasteiger partial charge is 0.290 e. The minimum absolute atomic E-state index is 0.129. The first kappa shape index (κ1) is 8.30. The Labute approximate surface area is 78.6 Å². The third-order valence-corrected chi connectivity index (χ3v) is 1.49. The van der Waals surface area contributed by atoms with Crippen LogP contribution in [0.5, 0.6) is 0 Å². The Morgan fingerprint density at radius 2 is 2.29 bits per heavy atom. The van der Waals surface area contributed by atoms with E-state index in [1.54, 1.807) is 24.4 Å². The van der Waals surface area contributed by atoms with E-state index in [4.69, 9.17) is 5.73 Å². The number of pyridine rings is 1. The molecule has 14 heavy (non-hydrogen) atoms. The number of amides is 1. The van der Waals surface area contributed by atoms with Crippen LogP contribution >= 0.6 is 0 Å². The van der Waals surface area contributed by atoms with Gasteiger partial charge in [-0.1, -0.05) is 6.07 Å². The topological polar surface area (TPSA) is 99.6 Å². The van der Waals surface area contributed by atoms with Gasteiger partial charge in [0.15, 0.2) is 5.82 Å². The van der Waals surface area contributed by atoms with E-state index in [0.29, 0.717) is 5.82 Å². The van der Waals surface area contributed by atoms with Crippen molar-refractivity contribution in [2.45, 2.75) is 0 Å². The second-order valence-electron chi connectivity index (χ2n) is 2.45. The van der Waals surface area contributed by atoms with Gasteiger partial charge in [-0.25, -0.2) is 4.98 Å². The molecule has 0 aliphatic carbocycles. The van der Waals surface area contributed by atoms with Gasteiger partial charge in [0.05, 0.1) is 0 Å². The molecule has 2 aromatic heterocycles. The van der Waals surface area contributed by atoms with E-state index in [9.17, 15) is 4.79 Å². The summed E-state index contributed by atoms with van der Waals surface area (Å²) in [6.07, 6.45) is 1.59. The maximum atomic E-state index is 10.7. The van der Waals surface area contributed by atoms with Crippen LogP contribution < -0.4 is 5.73 Å². The molecule has 0 bridgehead atoms.